The summed E-state index contributed by atoms with van der Waals surface area (Å²) in [4.78, 5) is 7.87. The topological polar surface area (TPSA) is 37.9 Å². The van der Waals surface area contributed by atoms with Crippen molar-refractivity contribution in [3.8, 4) is 0 Å². The second-order valence-corrected chi connectivity index (χ2v) is 4.68. The maximum Gasteiger partial charge on any atom is 0.129 e. The fourth-order valence-corrected chi connectivity index (χ4v) is 2.34. The van der Waals surface area contributed by atoms with Crippen molar-refractivity contribution in [2.45, 2.75) is 38.5 Å². The SMILES string of the molecule is CCCc1cc(=S)nc(C2CCOCC2)[nH]1. The van der Waals surface area contributed by atoms with Gasteiger partial charge in [-0.3, -0.25) is 0 Å². The van der Waals surface area contributed by atoms with Crippen molar-refractivity contribution in [3.05, 3.63) is 22.2 Å². The van der Waals surface area contributed by atoms with Gasteiger partial charge in [0.15, 0.2) is 0 Å². The largest absolute Gasteiger partial charge is 0.381 e. The van der Waals surface area contributed by atoms with Crippen LogP contribution >= 0.6 is 12.2 Å². The molecule has 0 saturated carbocycles. The Labute approximate surface area is 101 Å². The van der Waals surface area contributed by atoms with Gasteiger partial charge in [0.2, 0.25) is 0 Å². The van der Waals surface area contributed by atoms with Crippen LogP contribution < -0.4 is 0 Å². The van der Waals surface area contributed by atoms with Gasteiger partial charge in [-0.25, -0.2) is 4.98 Å². The summed E-state index contributed by atoms with van der Waals surface area (Å²) in [5.74, 6) is 1.55. The first kappa shape index (κ1) is 11.7. The fraction of sp³-hybridized carbons (Fsp3) is 0.667. The zero-order valence-corrected chi connectivity index (χ0v) is 10.5. The number of aromatic nitrogens is 2. The molecule has 0 radical (unpaired) electrons. The highest BCUT2D eigenvalue weighted by molar-refractivity contribution is 7.71. The van der Waals surface area contributed by atoms with Gasteiger partial charge in [0, 0.05) is 24.8 Å². The number of hydrogen-bond acceptors (Lipinski definition) is 3. The van der Waals surface area contributed by atoms with Gasteiger partial charge in [0.1, 0.15) is 10.5 Å². The monoisotopic (exact) mass is 238 g/mol. The molecule has 0 bridgehead atoms. The van der Waals surface area contributed by atoms with E-state index in [1.807, 2.05) is 6.07 Å². The summed E-state index contributed by atoms with van der Waals surface area (Å²) in [6.07, 6.45) is 4.27. The zero-order chi connectivity index (χ0) is 11.4. The summed E-state index contributed by atoms with van der Waals surface area (Å²) >= 11 is 5.21. The Morgan fingerprint density at radius 1 is 1.50 bits per heavy atom. The molecule has 0 spiro atoms. The predicted molar refractivity (Wildman–Crippen MR) is 66.2 cm³/mol. The number of H-pyrrole nitrogens is 1. The number of aryl methyl sites for hydroxylation is 1. The van der Waals surface area contributed by atoms with Gasteiger partial charge in [0.25, 0.3) is 0 Å². The average molecular weight is 238 g/mol. The molecule has 2 rings (SSSR count). The lowest BCUT2D eigenvalue weighted by atomic mass is 9.99. The van der Waals surface area contributed by atoms with Crippen molar-refractivity contribution in [1.82, 2.24) is 9.97 Å². The Morgan fingerprint density at radius 3 is 2.94 bits per heavy atom. The first-order valence-electron chi connectivity index (χ1n) is 5.97. The summed E-state index contributed by atoms with van der Waals surface area (Å²) in [6.45, 7) is 3.85. The Kier molecular flexibility index (Phi) is 4.07. The molecule has 0 aromatic carbocycles. The third kappa shape index (κ3) is 2.89. The van der Waals surface area contributed by atoms with Crippen LogP contribution in [0.5, 0.6) is 0 Å². The van der Waals surface area contributed by atoms with E-state index < -0.39 is 0 Å². The molecule has 0 unspecified atom stereocenters. The number of rotatable bonds is 3. The van der Waals surface area contributed by atoms with Gasteiger partial charge >= 0.3 is 0 Å². The maximum absolute atomic E-state index is 5.36. The summed E-state index contributed by atoms with van der Waals surface area (Å²) in [6, 6.07) is 1.97. The molecule has 4 heteroatoms. The Bertz CT molecular complexity index is 396. The normalized spacial score (nSPS) is 17.6. The van der Waals surface area contributed by atoms with Crippen LogP contribution in [0.15, 0.2) is 6.07 Å². The molecule has 0 aliphatic carbocycles. The molecule has 0 amide bonds. The van der Waals surface area contributed by atoms with Crippen molar-refractivity contribution in [1.29, 1.82) is 0 Å². The highest BCUT2D eigenvalue weighted by Crippen LogP contribution is 2.24. The minimum Gasteiger partial charge on any atom is -0.381 e. The molecule has 16 heavy (non-hydrogen) atoms. The van der Waals surface area contributed by atoms with Crippen molar-refractivity contribution < 1.29 is 4.74 Å². The molecule has 1 aliphatic rings. The number of nitrogens with zero attached hydrogens (tertiary/aromatic N) is 1. The summed E-state index contributed by atoms with van der Waals surface area (Å²) < 4.78 is 6.07. The van der Waals surface area contributed by atoms with Gasteiger partial charge < -0.3 is 9.72 Å². The van der Waals surface area contributed by atoms with E-state index in [0.717, 1.165) is 44.7 Å². The lowest BCUT2D eigenvalue weighted by Crippen LogP contribution is -2.17. The lowest BCUT2D eigenvalue weighted by molar-refractivity contribution is 0.0835. The van der Waals surface area contributed by atoms with Gasteiger partial charge in [-0.05, 0) is 25.3 Å². The molecule has 1 saturated heterocycles. The van der Waals surface area contributed by atoms with Gasteiger partial charge in [-0.2, -0.15) is 0 Å². The van der Waals surface area contributed by atoms with Crippen molar-refractivity contribution in [3.63, 3.8) is 0 Å². The minimum absolute atomic E-state index is 0.493. The highest BCUT2D eigenvalue weighted by atomic mass is 32.1. The molecule has 1 aromatic heterocycles. The standard InChI is InChI=1S/C12H18N2OS/c1-2-3-10-8-11(16)14-12(13-10)9-4-6-15-7-5-9/h8-9H,2-7H2,1H3,(H,13,14,16). The number of nitrogens with one attached hydrogen (secondary N) is 1. The molecular formula is C12H18N2OS. The minimum atomic E-state index is 0.493. The Hall–Kier alpha value is -0.740. The first-order chi connectivity index (χ1) is 7.79. The Balaban J connectivity index is 2.21. The third-order valence-corrected chi connectivity index (χ3v) is 3.15. The molecule has 1 N–H and O–H groups in total. The maximum atomic E-state index is 5.36. The Morgan fingerprint density at radius 2 is 2.25 bits per heavy atom. The summed E-state index contributed by atoms with van der Waals surface area (Å²) in [7, 11) is 0. The molecule has 1 aliphatic heterocycles. The fourth-order valence-electron chi connectivity index (χ4n) is 2.10. The number of aromatic amines is 1. The van der Waals surface area contributed by atoms with Crippen LogP contribution in [0, 0.1) is 4.64 Å². The smallest absolute Gasteiger partial charge is 0.129 e. The van der Waals surface area contributed by atoms with Gasteiger partial charge in [0.05, 0.1) is 0 Å². The van der Waals surface area contributed by atoms with E-state index in [4.69, 9.17) is 17.0 Å². The van der Waals surface area contributed by atoms with E-state index in [0.29, 0.717) is 10.6 Å². The van der Waals surface area contributed by atoms with Gasteiger partial charge in [-0.1, -0.05) is 25.6 Å². The molecule has 0 atom stereocenters. The zero-order valence-electron chi connectivity index (χ0n) is 9.66. The second kappa shape index (κ2) is 5.55. The number of ether oxygens (including phenoxy) is 1. The van der Waals surface area contributed by atoms with Crippen LogP contribution in [0.4, 0.5) is 0 Å². The van der Waals surface area contributed by atoms with Crippen LogP contribution in [-0.2, 0) is 11.2 Å². The predicted octanol–water partition coefficient (Wildman–Crippen LogP) is 2.99. The van der Waals surface area contributed by atoms with E-state index in [9.17, 15) is 0 Å². The molecule has 1 fully saturated rings. The van der Waals surface area contributed by atoms with Crippen LogP contribution in [0.3, 0.4) is 0 Å². The van der Waals surface area contributed by atoms with E-state index in [2.05, 4.69) is 16.9 Å². The third-order valence-electron chi connectivity index (χ3n) is 2.94. The van der Waals surface area contributed by atoms with Crippen LogP contribution in [0.1, 0.15) is 43.6 Å². The second-order valence-electron chi connectivity index (χ2n) is 4.27. The van der Waals surface area contributed by atoms with E-state index in [1.165, 1.54) is 5.69 Å². The van der Waals surface area contributed by atoms with Crippen LogP contribution in [0.2, 0.25) is 0 Å². The van der Waals surface area contributed by atoms with E-state index in [1.54, 1.807) is 0 Å². The van der Waals surface area contributed by atoms with Crippen LogP contribution in [0.25, 0.3) is 0 Å². The molecule has 2 heterocycles. The molecule has 3 nitrogen and oxygen atoms in total. The highest BCUT2D eigenvalue weighted by Gasteiger charge is 2.18. The van der Waals surface area contributed by atoms with Crippen molar-refractivity contribution in [2.24, 2.45) is 0 Å². The lowest BCUT2D eigenvalue weighted by Gasteiger charge is -2.21. The molecular weight excluding hydrogens is 220 g/mol. The molecule has 88 valence electrons. The van der Waals surface area contributed by atoms with Crippen molar-refractivity contribution >= 4 is 12.2 Å². The number of hydrogen-bond donors (Lipinski definition) is 1. The quantitative estimate of drug-likeness (QED) is 0.823. The van der Waals surface area contributed by atoms with Crippen molar-refractivity contribution in [2.75, 3.05) is 13.2 Å². The molecule has 1 aromatic rings. The van der Waals surface area contributed by atoms with E-state index >= 15 is 0 Å². The summed E-state index contributed by atoms with van der Waals surface area (Å²) in [5.41, 5.74) is 1.21. The summed E-state index contributed by atoms with van der Waals surface area (Å²) in [5, 5.41) is 0. The average Bonchev–Trinajstić information content (AvgIpc) is 2.30. The first-order valence-corrected chi connectivity index (χ1v) is 6.38. The van der Waals surface area contributed by atoms with E-state index in [-0.39, 0.29) is 0 Å². The van der Waals surface area contributed by atoms with Crippen LogP contribution in [-0.4, -0.2) is 23.2 Å². The van der Waals surface area contributed by atoms with Gasteiger partial charge in [-0.15, -0.1) is 0 Å².